The number of aryl methyl sites for hydroxylation is 4. The highest BCUT2D eigenvalue weighted by atomic mass is 31.0. The van der Waals surface area contributed by atoms with Gasteiger partial charge in [0.2, 0.25) is 0 Å². The quantitative estimate of drug-likeness (QED) is 0.0593. The molecule has 5 nitrogen and oxygen atoms in total. The van der Waals surface area contributed by atoms with E-state index in [2.05, 4.69) is 567 Å². The third-order valence-electron chi connectivity index (χ3n) is 27.5. The maximum absolute atomic E-state index is 6.24. The van der Waals surface area contributed by atoms with Gasteiger partial charge in [0.25, 0.3) is 0 Å². The van der Waals surface area contributed by atoms with Crippen LogP contribution in [0.25, 0.3) is 120 Å². The van der Waals surface area contributed by atoms with Crippen molar-refractivity contribution in [3.8, 4) is 33.4 Å². The van der Waals surface area contributed by atoms with E-state index in [0.29, 0.717) is 5.49 Å². The van der Waals surface area contributed by atoms with E-state index >= 15 is 0 Å². The van der Waals surface area contributed by atoms with Crippen molar-refractivity contribution in [2.24, 2.45) is 5.49 Å². The molecule has 0 aliphatic heterocycles. The van der Waals surface area contributed by atoms with Gasteiger partial charge in [0.1, 0.15) is 2.82 Å². The molecule has 1 unspecified atom stereocenters. The molecule has 0 aliphatic rings. The first-order chi connectivity index (χ1) is 68.8. The molecule has 0 spiro atoms. The zero-order valence-electron chi connectivity index (χ0n) is 86.3. The van der Waals surface area contributed by atoms with Gasteiger partial charge in [0.15, 0.2) is 0 Å². The summed E-state index contributed by atoms with van der Waals surface area (Å²) in [4.78, 5) is 9.31. The molecule has 140 heavy (non-hydrogen) atoms. The average molecular weight is 1840 g/mol. The minimum atomic E-state index is -0.469. The van der Waals surface area contributed by atoms with E-state index in [1.807, 2.05) is 0 Å². The van der Waals surface area contributed by atoms with Gasteiger partial charge in [-0.05, 0) is 395 Å². The number of anilines is 12. The van der Waals surface area contributed by atoms with E-state index in [4.69, 9.17) is 4.10 Å². The Morgan fingerprint density at radius 2 is 0.421 bits per heavy atom. The standard InChI is InChI=1S/C64H54N4.C36H44.C34H22.H4NP/c1-47-15-11-23-61(43-47)67(62-24-12-16-48(2)44-62)59-39-35-57(36-40-59)65(53-19-7-5-8-20-53)55-31-27-51(28-32-55)52-29-33-56(34-30-52)66(54-21-9-6-10-22-54)58-37-41-60(42-38-58)68(63-25-13-17-49(3)45-63)64-26-14-18-50(4)46-64;1-33(2,3)23-13-21-14-24(34(4,5)6)19-29-30-20-26(36(10,11)12)16-22-15-25(35(7,8)9)18-28(32(22)30)27(17-23)31(21)29;1-3-11-25-21-27(19-17-23(25)9-1)33-29-13-5-7-15-31(29)34(32-16-8-6-14-30(32)33)28-20-18-24-10-2-4-12-26(24)22-28;1-2/h5-46H,1-4H3;13-20H,1-12H3;1-22H;1-2H2/i;;;2D/hTD. The fourth-order valence-electron chi connectivity index (χ4n) is 20.2. The van der Waals surface area contributed by atoms with Crippen molar-refractivity contribution in [1.29, 1.82) is 1.28 Å². The lowest BCUT2D eigenvalue weighted by atomic mass is 9.76. The summed E-state index contributed by atoms with van der Waals surface area (Å²) in [7, 11) is -0.469. The summed E-state index contributed by atoms with van der Waals surface area (Å²) < 4.78 is 18.5. The van der Waals surface area contributed by atoms with Crippen molar-refractivity contribution in [1.82, 2.24) is 0 Å². The van der Waals surface area contributed by atoms with Gasteiger partial charge in [-0.2, -0.15) is 0 Å². The normalized spacial score (nSPS) is 12.2. The lowest BCUT2D eigenvalue weighted by Gasteiger charge is -2.29. The van der Waals surface area contributed by atoms with Crippen LogP contribution in [0, 0.1) is 27.7 Å². The Hall–Kier alpha value is -15.2. The van der Waals surface area contributed by atoms with Crippen LogP contribution >= 0.6 is 9.34 Å². The number of hydrogen-bond donors (Lipinski definition) is 1. The summed E-state index contributed by atoms with van der Waals surface area (Å²) in [6.07, 6.45) is 0. The number of rotatable bonds is 16. The van der Waals surface area contributed by atoms with Gasteiger partial charge in [-0.15, -0.1) is 0 Å². The SMILES string of the molecule is CC(C)(C)c1cc2cc(C(C)(C)C)cc3c4cc(C(C)(C)C)cc5cc(C(C)(C)C)cc(c(c1)c23)c54.Cc1cccc(N(c2ccc(N(c3ccccc3)c3ccc(-c4ccc(N(c5ccccc5)c5ccc(N(c6cccc(C)c6)c6cccc(C)c6)cc5)cc4)cc3)cc2)c2cccc(C)c2)c1.[2H]PN([2H])[3H].c1ccc2cc(-c3c4ccccc4c(-c4ccc5ccccc5c4)c4ccccc34)ccc2c1. The second-order valence-corrected chi connectivity index (χ2v) is 41.8. The highest BCUT2D eigenvalue weighted by Crippen LogP contribution is 2.51. The minimum Gasteiger partial charge on any atom is -0.314 e. The van der Waals surface area contributed by atoms with Gasteiger partial charge in [-0.1, -0.05) is 347 Å². The van der Waals surface area contributed by atoms with Gasteiger partial charge in [0, 0.05) is 68.2 Å². The molecule has 0 radical (unpaired) electrons. The Morgan fingerprint density at radius 1 is 0.207 bits per heavy atom. The van der Waals surface area contributed by atoms with Crippen LogP contribution in [0.1, 0.15) is 128 Å². The number of fused-ring (bicyclic) bond motifs is 6. The summed E-state index contributed by atoms with van der Waals surface area (Å²) >= 11 is 0. The van der Waals surface area contributed by atoms with Gasteiger partial charge in [-0.3, -0.25) is 0 Å². The number of hydrogen-bond acceptors (Lipinski definition) is 5. The second kappa shape index (κ2) is 39.0. The highest BCUT2D eigenvalue weighted by Gasteiger charge is 2.29. The molecule has 0 aliphatic carbocycles. The third kappa shape index (κ3) is 19.3. The maximum atomic E-state index is 6.24. The van der Waals surface area contributed by atoms with E-state index in [0.717, 1.165) is 79.4 Å². The predicted octanol–water partition coefficient (Wildman–Crippen LogP) is 38.8. The van der Waals surface area contributed by atoms with Crippen LogP contribution in [-0.4, -0.2) is 1.28 Å². The molecule has 0 bridgehead atoms. The molecule has 0 fully saturated rings. The molecule has 22 aromatic carbocycles. The first-order valence-electron chi connectivity index (χ1n) is 50.3. The minimum absolute atomic E-state index is 0.0830. The summed E-state index contributed by atoms with van der Waals surface area (Å²) in [6.45, 7) is 36.6. The summed E-state index contributed by atoms with van der Waals surface area (Å²) in [6, 6.07) is 160. The van der Waals surface area contributed by atoms with E-state index in [1.54, 1.807) is 0 Å². The van der Waals surface area contributed by atoms with E-state index in [1.165, 1.54) is 153 Å². The van der Waals surface area contributed by atoms with Crippen LogP contribution in [0.2, 0.25) is 2.82 Å². The third-order valence-corrected chi connectivity index (χ3v) is 27.5. The zero-order valence-corrected chi connectivity index (χ0v) is 84.3. The fraction of sp³-hybridized carbons (Fsp3) is 0.149. The molecule has 1 atom stereocenters. The van der Waals surface area contributed by atoms with Gasteiger partial charge in [-0.25, -0.2) is 0 Å². The van der Waals surface area contributed by atoms with E-state index < -0.39 is 9.34 Å². The Morgan fingerprint density at radius 3 is 0.671 bits per heavy atom. The Labute approximate surface area is 834 Å². The first kappa shape index (κ1) is 90.0. The maximum Gasteiger partial charge on any atom is 0.123 e. The average Bonchev–Trinajstić information content (AvgIpc) is 0.696. The van der Waals surface area contributed by atoms with Gasteiger partial charge >= 0.3 is 0 Å². The van der Waals surface area contributed by atoms with Crippen molar-refractivity contribution in [3.63, 3.8) is 0 Å². The van der Waals surface area contributed by atoms with Crippen molar-refractivity contribution in [2.75, 3.05) is 19.6 Å². The number of nitrogens with two attached hydrogens (primary N) is 1. The Kier molecular flexibility index (Phi) is 25.0. The molecule has 2 N–H and O–H groups in total. The molecule has 0 heterocycles. The molecule has 0 aromatic heterocycles. The van der Waals surface area contributed by atoms with E-state index in [-0.39, 0.29) is 21.7 Å². The fourth-order valence-corrected chi connectivity index (χ4v) is 20.2. The summed E-state index contributed by atoms with van der Waals surface area (Å²) in [5, 5.41) is 21.4. The summed E-state index contributed by atoms with van der Waals surface area (Å²) in [5.41, 5.74) is 31.9. The molecule has 0 saturated heterocycles. The molecule has 6 heteroatoms. The monoisotopic (exact) mass is 1840 g/mol. The number of benzene rings is 22. The molecular formula is C134H124N5P. The lowest BCUT2D eigenvalue weighted by molar-refractivity contribution is 0.589. The van der Waals surface area contributed by atoms with Crippen molar-refractivity contribution >= 4 is 164 Å². The van der Waals surface area contributed by atoms with E-state index in [9.17, 15) is 0 Å². The lowest BCUT2D eigenvalue weighted by Crippen LogP contribution is -2.14. The van der Waals surface area contributed by atoms with Crippen molar-refractivity contribution in [3.05, 3.63) is 481 Å². The smallest absolute Gasteiger partial charge is 0.123 e. The van der Waals surface area contributed by atoms with Crippen molar-refractivity contribution in [2.45, 2.75) is 132 Å². The number of nitrogens with zero attached hydrogens (tertiary/aromatic N) is 4. The van der Waals surface area contributed by atoms with Crippen LogP contribution in [0.15, 0.2) is 437 Å². The predicted molar refractivity (Wildman–Crippen MR) is 613 cm³/mol. The molecule has 22 aromatic rings. The number of para-hydroxylation sites is 2. The molecular weight excluding hydrogens is 1710 g/mol. The topological polar surface area (TPSA) is 39.0 Å². The van der Waals surface area contributed by atoms with Crippen LogP contribution < -0.4 is 25.1 Å². The second-order valence-electron chi connectivity index (χ2n) is 41.8. The molecule has 0 amide bonds. The van der Waals surface area contributed by atoms with Crippen molar-refractivity contribution < 1.29 is 2.82 Å². The zero-order chi connectivity index (χ0) is 99.8. The van der Waals surface area contributed by atoms with Crippen LogP contribution in [0.3, 0.4) is 0 Å². The Bertz CT molecular complexity index is 7610. The van der Waals surface area contributed by atoms with Crippen LogP contribution in [0.5, 0.6) is 0 Å². The first-order valence-corrected chi connectivity index (χ1v) is 49.4. The molecule has 22 rings (SSSR count). The summed E-state index contributed by atoms with van der Waals surface area (Å²) in [5.74, 6) is 0. The van der Waals surface area contributed by atoms with Crippen LogP contribution in [-0.2, 0) is 21.7 Å². The Balaban J connectivity index is 0.000000145. The molecule has 0 saturated carbocycles. The largest absolute Gasteiger partial charge is 0.314 e. The van der Waals surface area contributed by atoms with Gasteiger partial charge < -0.3 is 25.1 Å². The van der Waals surface area contributed by atoms with Gasteiger partial charge in [0.05, 0.1) is 1.28 Å². The molecule has 690 valence electrons. The highest BCUT2D eigenvalue weighted by molar-refractivity contribution is 7.13. The van der Waals surface area contributed by atoms with Crippen LogP contribution in [0.4, 0.5) is 68.2 Å².